The van der Waals surface area contributed by atoms with E-state index >= 15 is 0 Å². The maximum atomic E-state index is 13.0. The summed E-state index contributed by atoms with van der Waals surface area (Å²) >= 11 is 6.90. The predicted molar refractivity (Wildman–Crippen MR) is 99.1 cm³/mol. The van der Waals surface area contributed by atoms with E-state index < -0.39 is 34.1 Å². The molecule has 0 aromatic heterocycles. The molecule has 1 aromatic carbocycles. The lowest BCUT2D eigenvalue weighted by molar-refractivity contribution is -0.202. The van der Waals surface area contributed by atoms with E-state index in [4.69, 9.17) is 25.8 Å². The second-order valence-electron chi connectivity index (χ2n) is 6.42. The minimum atomic E-state index is -2.00. The Labute approximate surface area is 164 Å². The largest absolute Gasteiger partial charge is 0.466 e. The first-order valence-corrected chi connectivity index (χ1v) is 9.44. The molecular weight excluding hydrogens is 372 g/mol. The fourth-order valence-electron chi connectivity index (χ4n) is 3.59. The van der Waals surface area contributed by atoms with Crippen molar-refractivity contribution in [2.24, 2.45) is 11.3 Å². The molecule has 1 saturated carbocycles. The van der Waals surface area contributed by atoms with Crippen LogP contribution in [0.25, 0.3) is 0 Å². The zero-order valence-electron chi connectivity index (χ0n) is 16.0. The summed E-state index contributed by atoms with van der Waals surface area (Å²) in [5.74, 6) is -3.48. The van der Waals surface area contributed by atoms with Crippen molar-refractivity contribution >= 4 is 29.5 Å². The molecule has 7 heteroatoms. The number of hydrogen-bond acceptors (Lipinski definition) is 6. The number of aryl methyl sites for hydroxylation is 1. The van der Waals surface area contributed by atoms with Gasteiger partial charge in [0.05, 0.1) is 30.6 Å². The molecule has 0 heterocycles. The summed E-state index contributed by atoms with van der Waals surface area (Å²) in [6, 6.07) is 7.16. The quantitative estimate of drug-likeness (QED) is 0.305. The van der Waals surface area contributed by atoms with E-state index in [0.717, 1.165) is 5.56 Å². The molecule has 0 spiro atoms. The molecule has 27 heavy (non-hydrogen) atoms. The molecule has 6 nitrogen and oxygen atoms in total. The molecule has 0 bridgehead atoms. The molecule has 148 valence electrons. The second-order valence-corrected chi connectivity index (χ2v) is 7.07. The zero-order chi connectivity index (χ0) is 20.2. The van der Waals surface area contributed by atoms with Crippen molar-refractivity contribution in [3.8, 4) is 0 Å². The predicted octanol–water partition coefficient (Wildman–Crippen LogP) is 3.12. The maximum absolute atomic E-state index is 13.0. The first kappa shape index (κ1) is 21.2. The standard InChI is InChI=1S/C20H25ClO6/c1-5-25-16(22)15-12-19(21,14-10-8-13(4)9-11-14)20(15,17(23)26-6-2)18(24)27-7-3/h8-11,15H,5-7,12H2,1-4H3/t15-,19-/m0/s1. The van der Waals surface area contributed by atoms with E-state index in [-0.39, 0.29) is 26.2 Å². The lowest BCUT2D eigenvalue weighted by Crippen LogP contribution is -2.69. The molecule has 0 unspecified atom stereocenters. The number of rotatable bonds is 7. The van der Waals surface area contributed by atoms with Crippen molar-refractivity contribution in [3.05, 3.63) is 35.4 Å². The van der Waals surface area contributed by atoms with Gasteiger partial charge < -0.3 is 14.2 Å². The highest BCUT2D eigenvalue weighted by molar-refractivity contribution is 6.31. The Hall–Kier alpha value is -2.08. The molecule has 1 aromatic rings. The van der Waals surface area contributed by atoms with Gasteiger partial charge in [-0.15, -0.1) is 11.6 Å². The summed E-state index contributed by atoms with van der Waals surface area (Å²) in [5, 5.41) is 0. The summed E-state index contributed by atoms with van der Waals surface area (Å²) < 4.78 is 15.5. The molecule has 0 saturated heterocycles. The average Bonchev–Trinajstić information content (AvgIpc) is 2.61. The van der Waals surface area contributed by atoms with Gasteiger partial charge in [0.25, 0.3) is 0 Å². The Bertz CT molecular complexity index is 696. The third-order valence-corrected chi connectivity index (χ3v) is 5.58. The molecule has 1 aliphatic rings. The third kappa shape index (κ3) is 3.31. The minimum absolute atomic E-state index is 0.0381. The van der Waals surface area contributed by atoms with Crippen LogP contribution in [-0.2, 0) is 33.5 Å². The SMILES string of the molecule is CCOC(=O)[C@@H]1C[C@](Cl)(c2ccc(C)cc2)C1(C(=O)OCC)C(=O)OCC. The van der Waals surface area contributed by atoms with Crippen LogP contribution in [0, 0.1) is 18.3 Å². The topological polar surface area (TPSA) is 78.9 Å². The Morgan fingerprint density at radius 3 is 1.89 bits per heavy atom. The van der Waals surface area contributed by atoms with E-state index in [2.05, 4.69) is 0 Å². The molecule has 0 amide bonds. The smallest absolute Gasteiger partial charge is 0.326 e. The van der Waals surface area contributed by atoms with Gasteiger partial charge in [-0.05, 0) is 39.7 Å². The maximum Gasteiger partial charge on any atom is 0.326 e. The van der Waals surface area contributed by atoms with E-state index in [0.29, 0.717) is 5.56 Å². The van der Waals surface area contributed by atoms with Crippen molar-refractivity contribution in [2.75, 3.05) is 19.8 Å². The van der Waals surface area contributed by atoms with E-state index in [1.165, 1.54) is 0 Å². The number of benzene rings is 1. The third-order valence-electron chi connectivity index (χ3n) is 4.91. The van der Waals surface area contributed by atoms with Crippen LogP contribution in [0.15, 0.2) is 24.3 Å². The molecule has 0 radical (unpaired) electrons. The van der Waals surface area contributed by atoms with Crippen molar-refractivity contribution in [1.29, 1.82) is 0 Å². The van der Waals surface area contributed by atoms with Gasteiger partial charge in [0.15, 0.2) is 0 Å². The number of carbonyl (C=O) groups excluding carboxylic acids is 3. The van der Waals surface area contributed by atoms with Gasteiger partial charge in [-0.25, -0.2) is 0 Å². The fraction of sp³-hybridized carbons (Fsp3) is 0.550. The molecule has 2 rings (SSSR count). The number of carbonyl (C=O) groups is 3. The summed E-state index contributed by atoms with van der Waals surface area (Å²) in [4.78, 5) is 37.1. The number of hydrogen-bond donors (Lipinski definition) is 0. The van der Waals surface area contributed by atoms with Crippen molar-refractivity contribution in [3.63, 3.8) is 0 Å². The highest BCUT2D eigenvalue weighted by Gasteiger charge is 2.78. The van der Waals surface area contributed by atoms with Crippen molar-refractivity contribution < 1.29 is 28.6 Å². The first-order chi connectivity index (χ1) is 12.8. The van der Waals surface area contributed by atoms with E-state index in [9.17, 15) is 14.4 Å². The van der Waals surface area contributed by atoms with Crippen LogP contribution in [0.3, 0.4) is 0 Å². The van der Waals surface area contributed by atoms with Crippen molar-refractivity contribution in [1.82, 2.24) is 0 Å². The lowest BCUT2D eigenvalue weighted by Gasteiger charge is -2.55. The van der Waals surface area contributed by atoms with Gasteiger partial charge in [-0.2, -0.15) is 0 Å². The number of esters is 3. The highest BCUT2D eigenvalue weighted by atomic mass is 35.5. The Morgan fingerprint density at radius 2 is 1.44 bits per heavy atom. The van der Waals surface area contributed by atoms with Crippen LogP contribution in [0.4, 0.5) is 0 Å². The summed E-state index contributed by atoms with van der Waals surface area (Å²) in [6.07, 6.45) is 0.0636. The van der Waals surface area contributed by atoms with Crippen LogP contribution in [0.5, 0.6) is 0 Å². The lowest BCUT2D eigenvalue weighted by atomic mass is 9.49. The average molecular weight is 397 g/mol. The highest BCUT2D eigenvalue weighted by Crippen LogP contribution is 2.66. The van der Waals surface area contributed by atoms with Crippen LogP contribution in [0.2, 0.25) is 0 Å². The van der Waals surface area contributed by atoms with E-state index in [1.807, 2.05) is 19.1 Å². The van der Waals surface area contributed by atoms with Gasteiger partial charge in [0, 0.05) is 0 Å². The zero-order valence-corrected chi connectivity index (χ0v) is 16.8. The van der Waals surface area contributed by atoms with Gasteiger partial charge in [-0.1, -0.05) is 29.8 Å². The van der Waals surface area contributed by atoms with Crippen LogP contribution >= 0.6 is 11.6 Å². The van der Waals surface area contributed by atoms with E-state index in [1.54, 1.807) is 32.9 Å². The van der Waals surface area contributed by atoms with Crippen LogP contribution in [-0.4, -0.2) is 37.7 Å². The summed E-state index contributed by atoms with van der Waals surface area (Å²) in [6.45, 7) is 7.01. The summed E-state index contributed by atoms with van der Waals surface area (Å²) in [5.41, 5.74) is -0.447. The van der Waals surface area contributed by atoms with Crippen LogP contribution in [0.1, 0.15) is 38.3 Å². The fourth-order valence-corrected chi connectivity index (χ4v) is 4.15. The number of ether oxygens (including phenoxy) is 3. The molecular formula is C20H25ClO6. The molecule has 2 atom stereocenters. The van der Waals surface area contributed by atoms with Gasteiger partial charge >= 0.3 is 17.9 Å². The van der Waals surface area contributed by atoms with Gasteiger partial charge in [-0.3, -0.25) is 14.4 Å². The normalized spacial score (nSPS) is 23.1. The molecule has 1 aliphatic carbocycles. The molecule has 0 aliphatic heterocycles. The summed E-state index contributed by atoms with van der Waals surface area (Å²) in [7, 11) is 0. The Kier molecular flexibility index (Phi) is 6.52. The Morgan fingerprint density at radius 1 is 0.963 bits per heavy atom. The monoisotopic (exact) mass is 396 g/mol. The minimum Gasteiger partial charge on any atom is -0.466 e. The van der Waals surface area contributed by atoms with Crippen LogP contribution < -0.4 is 0 Å². The number of alkyl halides is 1. The first-order valence-electron chi connectivity index (χ1n) is 9.06. The van der Waals surface area contributed by atoms with Gasteiger partial charge in [0.1, 0.15) is 0 Å². The molecule has 0 N–H and O–H groups in total. The van der Waals surface area contributed by atoms with Crippen molar-refractivity contribution in [2.45, 2.75) is 39.0 Å². The second kappa shape index (κ2) is 8.30. The Balaban J connectivity index is 2.64. The van der Waals surface area contributed by atoms with Gasteiger partial charge in [0.2, 0.25) is 5.41 Å². The number of halogens is 1. The molecule has 1 fully saturated rings.